The predicted octanol–water partition coefficient (Wildman–Crippen LogP) is 2.17. The number of aromatic nitrogens is 2. The number of anilines is 1. The van der Waals surface area contributed by atoms with Crippen molar-refractivity contribution in [3.8, 4) is 11.8 Å². The monoisotopic (exact) mass is 392 g/mol. The SMILES string of the molecule is COc1cc(OC)nc(NC(=O)CN(Cc2cccs2)C[C@H]2CCCO2)n1. The van der Waals surface area contributed by atoms with Crippen LogP contribution in [-0.4, -0.2) is 60.8 Å². The summed E-state index contributed by atoms with van der Waals surface area (Å²) in [6.07, 6.45) is 2.27. The fraction of sp³-hybridized carbons (Fsp3) is 0.500. The van der Waals surface area contributed by atoms with Crippen LogP contribution in [0.2, 0.25) is 0 Å². The molecule has 1 fully saturated rings. The van der Waals surface area contributed by atoms with Crippen molar-refractivity contribution in [2.75, 3.05) is 39.2 Å². The van der Waals surface area contributed by atoms with E-state index in [-0.39, 0.29) is 24.5 Å². The molecule has 2 aromatic heterocycles. The Morgan fingerprint density at radius 1 is 1.37 bits per heavy atom. The van der Waals surface area contributed by atoms with Crippen LogP contribution < -0.4 is 14.8 Å². The highest BCUT2D eigenvalue weighted by Gasteiger charge is 2.22. The maximum atomic E-state index is 12.6. The molecule has 1 amide bonds. The summed E-state index contributed by atoms with van der Waals surface area (Å²) >= 11 is 1.68. The fourth-order valence-corrected chi connectivity index (χ4v) is 3.67. The highest BCUT2D eigenvalue weighted by molar-refractivity contribution is 7.09. The van der Waals surface area contributed by atoms with Crippen molar-refractivity contribution in [1.29, 1.82) is 0 Å². The van der Waals surface area contributed by atoms with Crippen molar-refractivity contribution in [3.05, 3.63) is 28.5 Å². The Morgan fingerprint density at radius 3 is 2.74 bits per heavy atom. The zero-order valence-electron chi connectivity index (χ0n) is 15.5. The van der Waals surface area contributed by atoms with Crippen LogP contribution in [0.15, 0.2) is 23.6 Å². The predicted molar refractivity (Wildman–Crippen MR) is 102 cm³/mol. The van der Waals surface area contributed by atoms with Gasteiger partial charge in [0.05, 0.1) is 32.9 Å². The van der Waals surface area contributed by atoms with Gasteiger partial charge in [0.25, 0.3) is 0 Å². The number of carbonyl (C=O) groups is 1. The Bertz CT molecular complexity index is 713. The minimum atomic E-state index is -0.195. The molecule has 3 rings (SSSR count). The van der Waals surface area contributed by atoms with E-state index < -0.39 is 0 Å². The summed E-state index contributed by atoms with van der Waals surface area (Å²) in [6, 6.07) is 5.64. The summed E-state index contributed by atoms with van der Waals surface area (Å²) in [4.78, 5) is 24.2. The molecule has 0 radical (unpaired) electrons. The van der Waals surface area contributed by atoms with E-state index in [0.717, 1.165) is 19.4 Å². The molecule has 0 aliphatic carbocycles. The number of nitrogens with zero attached hydrogens (tertiary/aromatic N) is 3. The molecule has 1 saturated heterocycles. The summed E-state index contributed by atoms with van der Waals surface area (Å²) in [5.41, 5.74) is 0. The first-order valence-electron chi connectivity index (χ1n) is 8.79. The van der Waals surface area contributed by atoms with Gasteiger partial charge in [0.15, 0.2) is 0 Å². The molecule has 1 atom stereocenters. The second kappa shape index (κ2) is 9.63. The molecular formula is C18H24N4O4S. The largest absolute Gasteiger partial charge is 0.481 e. The number of hydrogen-bond acceptors (Lipinski definition) is 8. The van der Waals surface area contributed by atoms with E-state index in [1.54, 1.807) is 17.4 Å². The number of methoxy groups -OCH3 is 2. The number of carbonyl (C=O) groups excluding carboxylic acids is 1. The van der Waals surface area contributed by atoms with E-state index >= 15 is 0 Å². The lowest BCUT2D eigenvalue weighted by molar-refractivity contribution is -0.117. The lowest BCUT2D eigenvalue weighted by Crippen LogP contribution is -2.38. The molecule has 1 aliphatic rings. The smallest absolute Gasteiger partial charge is 0.240 e. The van der Waals surface area contributed by atoms with Gasteiger partial charge in [-0.25, -0.2) is 0 Å². The van der Waals surface area contributed by atoms with Gasteiger partial charge in [-0.05, 0) is 24.3 Å². The molecule has 0 unspecified atom stereocenters. The molecule has 8 nitrogen and oxygen atoms in total. The Hall–Kier alpha value is -2.23. The van der Waals surface area contributed by atoms with Gasteiger partial charge in [-0.2, -0.15) is 9.97 Å². The van der Waals surface area contributed by atoms with E-state index in [9.17, 15) is 4.79 Å². The molecule has 3 heterocycles. The van der Waals surface area contributed by atoms with E-state index in [4.69, 9.17) is 14.2 Å². The normalized spacial score (nSPS) is 16.5. The van der Waals surface area contributed by atoms with Crippen molar-refractivity contribution in [3.63, 3.8) is 0 Å². The van der Waals surface area contributed by atoms with E-state index in [0.29, 0.717) is 24.8 Å². The molecule has 0 bridgehead atoms. The third kappa shape index (κ3) is 5.88. The number of thiophene rings is 1. The van der Waals surface area contributed by atoms with Crippen LogP contribution >= 0.6 is 11.3 Å². The maximum absolute atomic E-state index is 12.6. The molecular weight excluding hydrogens is 368 g/mol. The van der Waals surface area contributed by atoms with Gasteiger partial charge < -0.3 is 14.2 Å². The third-order valence-electron chi connectivity index (χ3n) is 4.16. The van der Waals surface area contributed by atoms with Crippen LogP contribution in [-0.2, 0) is 16.1 Å². The van der Waals surface area contributed by atoms with Gasteiger partial charge in [-0.3, -0.25) is 15.0 Å². The van der Waals surface area contributed by atoms with Crippen LogP contribution in [0.1, 0.15) is 17.7 Å². The second-order valence-corrected chi connectivity index (χ2v) is 7.24. The minimum Gasteiger partial charge on any atom is -0.481 e. The zero-order chi connectivity index (χ0) is 19.1. The zero-order valence-corrected chi connectivity index (χ0v) is 16.3. The summed E-state index contributed by atoms with van der Waals surface area (Å²) in [7, 11) is 3.00. The summed E-state index contributed by atoms with van der Waals surface area (Å²) in [6.45, 7) is 2.43. The van der Waals surface area contributed by atoms with Crippen molar-refractivity contribution in [1.82, 2.24) is 14.9 Å². The number of rotatable bonds is 9. The minimum absolute atomic E-state index is 0.157. The van der Waals surface area contributed by atoms with Crippen LogP contribution in [0.5, 0.6) is 11.8 Å². The lowest BCUT2D eigenvalue weighted by Gasteiger charge is -2.24. The maximum Gasteiger partial charge on any atom is 0.240 e. The lowest BCUT2D eigenvalue weighted by atomic mass is 10.2. The van der Waals surface area contributed by atoms with E-state index in [1.807, 2.05) is 11.4 Å². The molecule has 1 aliphatic heterocycles. The molecule has 0 aromatic carbocycles. The molecule has 0 spiro atoms. The number of amides is 1. The Balaban J connectivity index is 1.64. The van der Waals surface area contributed by atoms with Crippen molar-refractivity contribution in [2.24, 2.45) is 0 Å². The van der Waals surface area contributed by atoms with Crippen molar-refractivity contribution >= 4 is 23.2 Å². The quantitative estimate of drug-likeness (QED) is 0.700. The summed E-state index contributed by atoms with van der Waals surface area (Å²) < 4.78 is 16.0. The fourth-order valence-electron chi connectivity index (χ4n) is 2.92. The van der Waals surface area contributed by atoms with Gasteiger partial charge in [-0.1, -0.05) is 6.07 Å². The van der Waals surface area contributed by atoms with Gasteiger partial charge in [0.1, 0.15) is 0 Å². The third-order valence-corrected chi connectivity index (χ3v) is 5.02. The van der Waals surface area contributed by atoms with Crippen LogP contribution in [0.25, 0.3) is 0 Å². The highest BCUT2D eigenvalue weighted by atomic mass is 32.1. The average molecular weight is 392 g/mol. The molecule has 0 saturated carbocycles. The number of ether oxygens (including phenoxy) is 3. The van der Waals surface area contributed by atoms with Gasteiger partial charge in [0.2, 0.25) is 23.6 Å². The van der Waals surface area contributed by atoms with E-state index in [2.05, 4.69) is 26.3 Å². The first kappa shape index (κ1) is 19.5. The molecule has 9 heteroatoms. The average Bonchev–Trinajstić information content (AvgIpc) is 3.35. The topological polar surface area (TPSA) is 85.8 Å². The van der Waals surface area contributed by atoms with Crippen molar-refractivity contribution in [2.45, 2.75) is 25.5 Å². The molecule has 146 valence electrons. The van der Waals surface area contributed by atoms with E-state index in [1.165, 1.54) is 19.1 Å². The van der Waals surface area contributed by atoms with Crippen LogP contribution in [0, 0.1) is 0 Å². The Morgan fingerprint density at radius 2 is 2.15 bits per heavy atom. The van der Waals surface area contributed by atoms with Crippen LogP contribution in [0.3, 0.4) is 0 Å². The Kier molecular flexibility index (Phi) is 6.97. The summed E-state index contributed by atoms with van der Waals surface area (Å²) in [5, 5.41) is 4.76. The van der Waals surface area contributed by atoms with Gasteiger partial charge in [0, 0.05) is 24.6 Å². The second-order valence-electron chi connectivity index (χ2n) is 6.21. The standard InChI is InChI=1S/C18H24N4O4S/c1-24-16-9-17(25-2)21-18(20-16)19-15(23)12-22(10-13-5-3-7-26-13)11-14-6-4-8-27-14/h4,6,8-9,13H,3,5,7,10-12H2,1-2H3,(H,19,20,21,23)/t13-/m1/s1. The van der Waals surface area contributed by atoms with Gasteiger partial charge >= 0.3 is 0 Å². The van der Waals surface area contributed by atoms with Crippen LogP contribution in [0.4, 0.5) is 5.95 Å². The molecule has 27 heavy (non-hydrogen) atoms. The Labute approximate surface area is 162 Å². The van der Waals surface area contributed by atoms with Crippen molar-refractivity contribution < 1.29 is 19.0 Å². The van der Waals surface area contributed by atoms with Gasteiger partial charge in [-0.15, -0.1) is 11.3 Å². The summed E-state index contributed by atoms with van der Waals surface area (Å²) in [5.74, 6) is 0.614. The highest BCUT2D eigenvalue weighted by Crippen LogP contribution is 2.19. The number of nitrogens with one attached hydrogen (secondary N) is 1. The first-order valence-corrected chi connectivity index (χ1v) is 9.67. The number of hydrogen-bond donors (Lipinski definition) is 1. The molecule has 1 N–H and O–H groups in total. The first-order chi connectivity index (χ1) is 13.2. The molecule has 2 aromatic rings.